The number of rotatable bonds is 5. The number of hydrogen-bond acceptors (Lipinski definition) is 4. The lowest BCUT2D eigenvalue weighted by Crippen LogP contribution is -2.38. The zero-order chi connectivity index (χ0) is 25.9. The maximum Gasteiger partial charge on any atom is 0.319 e. The lowest BCUT2D eigenvalue weighted by Gasteiger charge is -2.32. The fraction of sp³-hybridized carbons (Fsp3) is 0.200. The van der Waals surface area contributed by atoms with E-state index in [1.165, 1.54) is 5.56 Å². The van der Waals surface area contributed by atoms with Crippen molar-refractivity contribution in [1.82, 2.24) is 24.6 Å². The maximum atomic E-state index is 13.2. The number of nitrogens with one attached hydrogen (secondary N) is 2. The standard InChI is InChI=1S/C30H28N6O2/c37-29(26-3-1-2-24-8-12-31-20-27(24)26)36-15-10-23(11-16-36)22-4-6-25(7-5-22)34-30(38)33-19-21-9-14-35-17-13-32-28(35)18-21/h1-9,12-14,17-18,20,23H,10-11,15-16,19H2,(H2,33,34,38). The van der Waals surface area contributed by atoms with E-state index in [0.717, 1.165) is 40.5 Å². The Hall–Kier alpha value is -4.72. The van der Waals surface area contributed by atoms with Crippen LogP contribution in [0.4, 0.5) is 10.5 Å². The third kappa shape index (κ3) is 4.93. The van der Waals surface area contributed by atoms with Crippen molar-refractivity contribution in [3.63, 3.8) is 0 Å². The molecule has 0 radical (unpaired) electrons. The third-order valence-corrected chi connectivity index (χ3v) is 7.25. The van der Waals surface area contributed by atoms with Gasteiger partial charge in [0.05, 0.1) is 0 Å². The van der Waals surface area contributed by atoms with Crippen LogP contribution in [0.25, 0.3) is 16.4 Å². The van der Waals surface area contributed by atoms with Gasteiger partial charge < -0.3 is 19.9 Å². The highest BCUT2D eigenvalue weighted by Crippen LogP contribution is 2.30. The molecule has 38 heavy (non-hydrogen) atoms. The van der Waals surface area contributed by atoms with Gasteiger partial charge in [-0.1, -0.05) is 24.3 Å². The molecule has 0 unspecified atom stereocenters. The van der Waals surface area contributed by atoms with Crippen molar-refractivity contribution in [2.45, 2.75) is 25.3 Å². The second-order valence-corrected chi connectivity index (χ2v) is 9.63. The van der Waals surface area contributed by atoms with E-state index >= 15 is 0 Å². The van der Waals surface area contributed by atoms with Crippen LogP contribution in [-0.4, -0.2) is 44.3 Å². The Bertz CT molecular complexity index is 1600. The van der Waals surface area contributed by atoms with Gasteiger partial charge in [0.15, 0.2) is 0 Å². The summed E-state index contributed by atoms with van der Waals surface area (Å²) in [6.07, 6.45) is 10.9. The number of carbonyl (C=O) groups is 2. The van der Waals surface area contributed by atoms with Crippen molar-refractivity contribution in [3.05, 3.63) is 108 Å². The Morgan fingerprint density at radius 2 is 1.79 bits per heavy atom. The summed E-state index contributed by atoms with van der Waals surface area (Å²) in [5.41, 5.74) is 4.51. The topological polar surface area (TPSA) is 91.6 Å². The van der Waals surface area contributed by atoms with Gasteiger partial charge in [-0.3, -0.25) is 9.78 Å². The molecule has 3 aromatic heterocycles. The molecule has 1 saturated heterocycles. The van der Waals surface area contributed by atoms with Crippen molar-refractivity contribution in [2.75, 3.05) is 18.4 Å². The van der Waals surface area contributed by atoms with Gasteiger partial charge in [0, 0.05) is 67.3 Å². The summed E-state index contributed by atoms with van der Waals surface area (Å²) >= 11 is 0. The summed E-state index contributed by atoms with van der Waals surface area (Å²) in [4.78, 5) is 36.1. The van der Waals surface area contributed by atoms with Gasteiger partial charge in [-0.2, -0.15) is 0 Å². The predicted octanol–water partition coefficient (Wildman–Crippen LogP) is 5.22. The number of amides is 3. The first-order chi connectivity index (χ1) is 18.6. The summed E-state index contributed by atoms with van der Waals surface area (Å²) in [7, 11) is 0. The van der Waals surface area contributed by atoms with Crippen LogP contribution in [0, 0.1) is 0 Å². The average molecular weight is 505 g/mol. The molecule has 6 rings (SSSR count). The van der Waals surface area contributed by atoms with Gasteiger partial charge in [-0.15, -0.1) is 0 Å². The van der Waals surface area contributed by atoms with Crippen LogP contribution in [-0.2, 0) is 6.54 Å². The minimum atomic E-state index is -0.253. The van der Waals surface area contributed by atoms with Gasteiger partial charge >= 0.3 is 6.03 Å². The van der Waals surface area contributed by atoms with E-state index < -0.39 is 0 Å². The smallest absolute Gasteiger partial charge is 0.319 e. The Kier molecular flexibility index (Phi) is 6.44. The fourth-order valence-electron chi connectivity index (χ4n) is 5.14. The van der Waals surface area contributed by atoms with E-state index in [4.69, 9.17) is 0 Å². The summed E-state index contributed by atoms with van der Waals surface area (Å²) < 4.78 is 1.93. The monoisotopic (exact) mass is 504 g/mol. The fourth-order valence-corrected chi connectivity index (χ4v) is 5.14. The minimum Gasteiger partial charge on any atom is -0.339 e. The van der Waals surface area contributed by atoms with Crippen LogP contribution in [0.15, 0.2) is 91.6 Å². The molecule has 2 N–H and O–H groups in total. The Balaban J connectivity index is 1.01. The number of anilines is 1. The first kappa shape index (κ1) is 23.7. The number of hydrogen-bond donors (Lipinski definition) is 2. The number of benzene rings is 2. The van der Waals surface area contributed by atoms with Gasteiger partial charge in [-0.05, 0) is 71.7 Å². The van der Waals surface area contributed by atoms with Crippen LogP contribution in [0.5, 0.6) is 0 Å². The highest BCUT2D eigenvalue weighted by molar-refractivity contribution is 6.06. The van der Waals surface area contributed by atoms with Crippen molar-refractivity contribution in [2.24, 2.45) is 0 Å². The Labute approximate surface area is 220 Å². The molecule has 1 aliphatic rings. The molecule has 5 aromatic rings. The second kappa shape index (κ2) is 10.3. The Morgan fingerprint density at radius 1 is 0.947 bits per heavy atom. The zero-order valence-electron chi connectivity index (χ0n) is 20.9. The lowest BCUT2D eigenvalue weighted by molar-refractivity contribution is 0.0715. The van der Waals surface area contributed by atoms with E-state index in [2.05, 4.69) is 32.7 Å². The van der Waals surface area contributed by atoms with E-state index in [9.17, 15) is 9.59 Å². The van der Waals surface area contributed by atoms with Gasteiger partial charge in [-0.25, -0.2) is 9.78 Å². The zero-order valence-corrected chi connectivity index (χ0v) is 20.9. The van der Waals surface area contributed by atoms with Gasteiger partial charge in [0.25, 0.3) is 5.91 Å². The molecule has 8 heteroatoms. The second-order valence-electron chi connectivity index (χ2n) is 9.63. The molecule has 0 bridgehead atoms. The summed E-state index contributed by atoms with van der Waals surface area (Å²) in [5.74, 6) is 0.450. The quantitative estimate of drug-likeness (QED) is 0.343. The highest BCUT2D eigenvalue weighted by atomic mass is 16.2. The molecule has 4 heterocycles. The number of likely N-dealkylation sites (tertiary alicyclic amines) is 1. The van der Waals surface area contributed by atoms with E-state index in [0.29, 0.717) is 31.1 Å². The number of pyridine rings is 2. The minimum absolute atomic E-state index is 0.0670. The van der Waals surface area contributed by atoms with Crippen LogP contribution >= 0.6 is 0 Å². The van der Waals surface area contributed by atoms with E-state index in [1.54, 1.807) is 18.6 Å². The SMILES string of the molecule is O=C(NCc1ccn2ccnc2c1)Nc1ccc(C2CCN(C(=O)c3cccc4ccncc34)CC2)cc1. The van der Waals surface area contributed by atoms with Gasteiger partial charge in [0.2, 0.25) is 0 Å². The Morgan fingerprint density at radius 3 is 2.63 bits per heavy atom. The summed E-state index contributed by atoms with van der Waals surface area (Å²) in [5, 5.41) is 7.72. The van der Waals surface area contributed by atoms with E-state index in [1.807, 2.05) is 70.2 Å². The largest absolute Gasteiger partial charge is 0.339 e. The summed E-state index contributed by atoms with van der Waals surface area (Å²) in [6.45, 7) is 1.85. The molecule has 0 atom stereocenters. The predicted molar refractivity (Wildman–Crippen MR) is 147 cm³/mol. The number of imidazole rings is 1. The molecule has 3 amide bonds. The number of piperidine rings is 1. The molecule has 1 fully saturated rings. The molecular formula is C30H28N6O2. The first-order valence-electron chi connectivity index (χ1n) is 12.8. The number of carbonyl (C=O) groups excluding carboxylic acids is 2. The van der Waals surface area contributed by atoms with E-state index in [-0.39, 0.29) is 11.9 Å². The number of fused-ring (bicyclic) bond motifs is 2. The summed E-state index contributed by atoms with van der Waals surface area (Å²) in [6, 6.07) is 19.4. The molecule has 2 aromatic carbocycles. The van der Waals surface area contributed by atoms with Crippen molar-refractivity contribution in [1.29, 1.82) is 0 Å². The van der Waals surface area contributed by atoms with Crippen molar-refractivity contribution >= 4 is 34.0 Å². The van der Waals surface area contributed by atoms with Crippen LogP contribution < -0.4 is 10.6 Å². The molecular weight excluding hydrogens is 476 g/mol. The molecule has 1 aliphatic heterocycles. The third-order valence-electron chi connectivity index (χ3n) is 7.25. The number of nitrogens with zero attached hydrogens (tertiary/aromatic N) is 4. The molecule has 0 spiro atoms. The number of urea groups is 1. The van der Waals surface area contributed by atoms with Crippen LogP contribution in [0.3, 0.4) is 0 Å². The normalized spacial score (nSPS) is 14.1. The average Bonchev–Trinajstić information content (AvgIpc) is 3.44. The van der Waals surface area contributed by atoms with Crippen molar-refractivity contribution < 1.29 is 9.59 Å². The number of aromatic nitrogens is 3. The molecule has 8 nitrogen and oxygen atoms in total. The molecule has 0 saturated carbocycles. The first-order valence-corrected chi connectivity index (χ1v) is 12.8. The van der Waals surface area contributed by atoms with Crippen molar-refractivity contribution in [3.8, 4) is 0 Å². The van der Waals surface area contributed by atoms with Crippen LogP contribution in [0.1, 0.15) is 40.2 Å². The van der Waals surface area contributed by atoms with Crippen LogP contribution in [0.2, 0.25) is 0 Å². The van der Waals surface area contributed by atoms with Gasteiger partial charge in [0.1, 0.15) is 5.65 Å². The maximum absolute atomic E-state index is 13.2. The highest BCUT2D eigenvalue weighted by Gasteiger charge is 2.25. The molecule has 0 aliphatic carbocycles. The lowest BCUT2D eigenvalue weighted by atomic mass is 9.89. The molecule has 190 valence electrons.